The van der Waals surface area contributed by atoms with Gasteiger partial charge in [0.25, 0.3) is 0 Å². The SMILES string of the molecule is COc1ccc(C2(c3ccc(C)cc3)C=Cc3c4c(c5cc(-c6ccc(OC)cc6OC)c(OC)cc5c3O2)-c2ccccc2C42CC(C)(C)CC(C)(C)C2)cc1. The van der Waals surface area contributed by atoms with Crippen LogP contribution in [-0.2, 0) is 11.0 Å². The number of benzene rings is 6. The maximum Gasteiger partial charge on any atom is 0.178 e. The van der Waals surface area contributed by atoms with Gasteiger partial charge in [-0.05, 0) is 107 Å². The van der Waals surface area contributed by atoms with E-state index in [1.54, 1.807) is 28.4 Å². The maximum absolute atomic E-state index is 7.78. The van der Waals surface area contributed by atoms with E-state index in [1.807, 2.05) is 24.3 Å². The van der Waals surface area contributed by atoms with Gasteiger partial charge < -0.3 is 23.7 Å². The van der Waals surface area contributed by atoms with E-state index in [0.717, 1.165) is 80.9 Å². The molecular formula is C52H52O5. The summed E-state index contributed by atoms with van der Waals surface area (Å²) in [5, 5.41) is 2.14. The van der Waals surface area contributed by atoms with Crippen LogP contribution in [0.2, 0.25) is 0 Å². The van der Waals surface area contributed by atoms with Gasteiger partial charge >= 0.3 is 0 Å². The zero-order chi connectivity index (χ0) is 39.9. The van der Waals surface area contributed by atoms with E-state index >= 15 is 0 Å². The molecule has 290 valence electrons. The van der Waals surface area contributed by atoms with Crippen molar-refractivity contribution in [2.75, 3.05) is 28.4 Å². The molecule has 1 unspecified atom stereocenters. The fourth-order valence-electron chi connectivity index (χ4n) is 11.2. The Morgan fingerprint density at radius 2 is 1.18 bits per heavy atom. The van der Waals surface area contributed by atoms with E-state index in [9.17, 15) is 0 Å². The zero-order valence-corrected chi connectivity index (χ0v) is 34.6. The van der Waals surface area contributed by atoms with Gasteiger partial charge in [0, 0.05) is 44.7 Å². The highest BCUT2D eigenvalue weighted by Crippen LogP contribution is 2.67. The molecule has 57 heavy (non-hydrogen) atoms. The third-order valence-electron chi connectivity index (χ3n) is 12.8. The summed E-state index contributed by atoms with van der Waals surface area (Å²) in [6.07, 6.45) is 7.90. The number of methoxy groups -OCH3 is 4. The molecule has 0 radical (unpaired) electrons. The van der Waals surface area contributed by atoms with Crippen LogP contribution in [-0.4, -0.2) is 28.4 Å². The molecule has 1 heterocycles. The van der Waals surface area contributed by atoms with Gasteiger partial charge in [0.05, 0.1) is 28.4 Å². The van der Waals surface area contributed by atoms with E-state index in [0.29, 0.717) is 5.75 Å². The molecule has 1 atom stereocenters. The first-order valence-electron chi connectivity index (χ1n) is 20.0. The minimum atomic E-state index is -0.914. The fourth-order valence-corrected chi connectivity index (χ4v) is 11.2. The smallest absolute Gasteiger partial charge is 0.178 e. The number of rotatable bonds is 7. The van der Waals surface area contributed by atoms with Crippen LogP contribution >= 0.6 is 0 Å². The van der Waals surface area contributed by atoms with Gasteiger partial charge in [0.1, 0.15) is 28.7 Å². The van der Waals surface area contributed by atoms with E-state index in [-0.39, 0.29) is 16.2 Å². The molecule has 6 aromatic rings. The fraction of sp³-hybridized carbons (Fsp3) is 0.308. The third kappa shape index (κ3) is 5.72. The Morgan fingerprint density at radius 3 is 1.82 bits per heavy atom. The Bertz CT molecular complexity index is 2560. The molecule has 1 fully saturated rings. The lowest BCUT2D eigenvalue weighted by Gasteiger charge is -2.52. The molecule has 9 rings (SSSR count). The second-order valence-corrected chi connectivity index (χ2v) is 17.9. The first kappa shape index (κ1) is 36.9. The molecule has 1 spiro atoms. The minimum Gasteiger partial charge on any atom is -0.497 e. The van der Waals surface area contributed by atoms with Gasteiger partial charge in [-0.3, -0.25) is 0 Å². The van der Waals surface area contributed by atoms with Crippen LogP contribution in [0.4, 0.5) is 0 Å². The number of aryl methyl sites for hydroxylation is 1. The average Bonchev–Trinajstić information content (AvgIpc) is 3.47. The Kier molecular flexibility index (Phi) is 8.55. The highest BCUT2D eigenvalue weighted by atomic mass is 16.5. The average molecular weight is 757 g/mol. The van der Waals surface area contributed by atoms with Gasteiger partial charge in [0.15, 0.2) is 5.60 Å². The highest BCUT2D eigenvalue weighted by Gasteiger charge is 2.55. The van der Waals surface area contributed by atoms with Crippen molar-refractivity contribution in [3.63, 3.8) is 0 Å². The monoisotopic (exact) mass is 756 g/mol. The first-order valence-corrected chi connectivity index (χ1v) is 20.0. The van der Waals surface area contributed by atoms with E-state index < -0.39 is 5.60 Å². The Labute approximate surface area is 337 Å². The summed E-state index contributed by atoms with van der Waals surface area (Å²) in [7, 11) is 6.83. The minimum absolute atomic E-state index is 0.105. The van der Waals surface area contributed by atoms with Crippen molar-refractivity contribution >= 4 is 16.8 Å². The highest BCUT2D eigenvalue weighted by molar-refractivity contribution is 6.11. The predicted molar refractivity (Wildman–Crippen MR) is 231 cm³/mol. The molecule has 6 aromatic carbocycles. The molecule has 3 aliphatic rings. The molecule has 0 bridgehead atoms. The molecule has 1 aliphatic heterocycles. The second-order valence-electron chi connectivity index (χ2n) is 17.9. The van der Waals surface area contributed by atoms with E-state index in [1.165, 1.54) is 27.8 Å². The summed E-state index contributed by atoms with van der Waals surface area (Å²) >= 11 is 0. The standard InChI is InChI=1S/C52H52O5/c1-32-14-16-33(17-15-32)52(34-18-20-35(53-6)21-19-34)25-24-39-47-46(38-12-10-11-13-43(38)51(47)30-49(2,3)29-50(4,5)31-51)41-27-40(45(56-9)28-42(41)48(39)57-52)37-23-22-36(54-7)26-44(37)55-8/h10-28H,29-31H2,1-9H3. The van der Waals surface area contributed by atoms with Crippen molar-refractivity contribution in [1.29, 1.82) is 0 Å². The molecule has 0 aromatic heterocycles. The van der Waals surface area contributed by atoms with Gasteiger partial charge in [-0.15, -0.1) is 0 Å². The molecular weight excluding hydrogens is 705 g/mol. The third-order valence-corrected chi connectivity index (χ3v) is 12.8. The van der Waals surface area contributed by atoms with Crippen LogP contribution in [0.1, 0.15) is 80.3 Å². The molecule has 5 nitrogen and oxygen atoms in total. The van der Waals surface area contributed by atoms with Crippen LogP contribution in [0.25, 0.3) is 39.1 Å². The van der Waals surface area contributed by atoms with Crippen molar-refractivity contribution < 1.29 is 23.7 Å². The van der Waals surface area contributed by atoms with Crippen molar-refractivity contribution in [2.24, 2.45) is 10.8 Å². The quantitative estimate of drug-likeness (QED) is 0.162. The summed E-state index contributed by atoms with van der Waals surface area (Å²) in [4.78, 5) is 0. The first-order chi connectivity index (χ1) is 27.4. The Hall–Kier alpha value is -5.68. The number of hydrogen-bond donors (Lipinski definition) is 0. The summed E-state index contributed by atoms with van der Waals surface area (Å²) in [6, 6.07) is 36.7. The lowest BCUT2D eigenvalue weighted by atomic mass is 9.52. The Morgan fingerprint density at radius 1 is 0.561 bits per heavy atom. The molecule has 0 saturated heterocycles. The summed E-state index contributed by atoms with van der Waals surface area (Å²) < 4.78 is 31.3. The predicted octanol–water partition coefficient (Wildman–Crippen LogP) is 12.7. The van der Waals surface area contributed by atoms with E-state index in [2.05, 4.69) is 126 Å². The molecule has 2 aliphatic carbocycles. The van der Waals surface area contributed by atoms with Gasteiger partial charge in [-0.1, -0.05) is 100.0 Å². The topological polar surface area (TPSA) is 46.2 Å². The second kappa shape index (κ2) is 13.2. The number of ether oxygens (including phenoxy) is 5. The van der Waals surface area contributed by atoms with Crippen molar-refractivity contribution in [1.82, 2.24) is 0 Å². The summed E-state index contributed by atoms with van der Waals surface area (Å²) in [5.74, 6) is 3.84. The zero-order valence-electron chi connectivity index (χ0n) is 34.6. The maximum atomic E-state index is 7.78. The lowest BCUT2D eigenvalue weighted by Crippen LogP contribution is -2.44. The van der Waals surface area contributed by atoms with Gasteiger partial charge in [0.2, 0.25) is 0 Å². The molecule has 1 saturated carbocycles. The van der Waals surface area contributed by atoms with Crippen molar-refractivity contribution in [3.05, 3.63) is 143 Å². The number of fused-ring (bicyclic) bond motifs is 10. The van der Waals surface area contributed by atoms with E-state index in [4.69, 9.17) is 23.7 Å². The normalized spacial score (nSPS) is 19.3. The summed E-state index contributed by atoms with van der Waals surface area (Å²) in [6.45, 7) is 12.0. The van der Waals surface area contributed by atoms with Crippen LogP contribution in [0.15, 0.2) is 109 Å². The van der Waals surface area contributed by atoms with Crippen molar-refractivity contribution in [2.45, 2.75) is 64.9 Å². The van der Waals surface area contributed by atoms with Gasteiger partial charge in [-0.25, -0.2) is 0 Å². The lowest BCUT2D eigenvalue weighted by molar-refractivity contribution is 0.0642. The largest absolute Gasteiger partial charge is 0.497 e. The van der Waals surface area contributed by atoms with Crippen LogP contribution in [0.5, 0.6) is 28.7 Å². The van der Waals surface area contributed by atoms with Crippen LogP contribution in [0.3, 0.4) is 0 Å². The van der Waals surface area contributed by atoms with Gasteiger partial charge in [-0.2, -0.15) is 0 Å². The van der Waals surface area contributed by atoms with Crippen LogP contribution in [0, 0.1) is 17.8 Å². The molecule has 0 N–H and O–H groups in total. The van der Waals surface area contributed by atoms with Crippen LogP contribution < -0.4 is 23.7 Å². The number of hydrogen-bond acceptors (Lipinski definition) is 5. The van der Waals surface area contributed by atoms with Crippen molar-refractivity contribution in [3.8, 4) is 51.0 Å². The summed E-state index contributed by atoms with van der Waals surface area (Å²) in [5.41, 5.74) is 10.7. The molecule has 5 heteroatoms. The molecule has 0 amide bonds. The Balaban J connectivity index is 1.42.